The molecule has 0 amide bonds. The van der Waals surface area contributed by atoms with Crippen molar-refractivity contribution in [3.63, 3.8) is 0 Å². The Hall–Kier alpha value is -0.182. The molecule has 0 radical (unpaired) electrons. The minimum Gasteiger partial charge on any atom is -0.343 e. The maximum Gasteiger partial charge on any atom is 2.00 e. The van der Waals surface area contributed by atoms with Crippen LogP contribution in [0.3, 0.4) is 0 Å². The first-order valence-corrected chi connectivity index (χ1v) is 7.34. The fraction of sp³-hybridized carbons (Fsp3) is 0.385. The van der Waals surface area contributed by atoms with E-state index in [9.17, 15) is 8.42 Å². The van der Waals surface area contributed by atoms with Crippen molar-refractivity contribution in [2.24, 2.45) is 5.14 Å². The number of sulfonamides is 1. The first-order valence-electron chi connectivity index (χ1n) is 5.62. The molecule has 0 unspecified atom stereocenters. The van der Waals surface area contributed by atoms with Gasteiger partial charge < -0.3 is 13.8 Å². The van der Waals surface area contributed by atoms with E-state index < -0.39 is 10.0 Å². The molecule has 5 heteroatoms. The predicted molar refractivity (Wildman–Crippen MR) is 72.7 cm³/mol. The SMILES string of the molecule is [CH2-]CCCS(N)(=O)=O.[CH2-]CCc1ccccc1.[W+2]. The molecule has 18 heavy (non-hydrogen) atoms. The number of hydrogen-bond donors (Lipinski definition) is 1. The fourth-order valence-electron chi connectivity index (χ4n) is 1.15. The Morgan fingerprint density at radius 3 is 1.94 bits per heavy atom. The molecular weight excluding hydrogens is 418 g/mol. The van der Waals surface area contributed by atoms with Crippen LogP contribution in [0.25, 0.3) is 0 Å². The Morgan fingerprint density at radius 1 is 1.06 bits per heavy atom. The van der Waals surface area contributed by atoms with Crippen molar-refractivity contribution < 1.29 is 29.5 Å². The minimum atomic E-state index is -3.23. The first kappa shape index (κ1) is 20.1. The van der Waals surface area contributed by atoms with E-state index in [1.807, 2.05) is 6.07 Å². The second kappa shape index (κ2) is 11.9. The van der Waals surface area contributed by atoms with Gasteiger partial charge in [0.05, 0.1) is 5.75 Å². The summed E-state index contributed by atoms with van der Waals surface area (Å²) in [6, 6.07) is 10.4. The predicted octanol–water partition coefficient (Wildman–Crippen LogP) is 2.34. The van der Waals surface area contributed by atoms with Gasteiger partial charge in [-0.1, -0.05) is 48.7 Å². The third-order valence-corrected chi connectivity index (χ3v) is 2.84. The monoisotopic (exact) mass is 439 g/mol. The number of unbranched alkanes of at least 4 members (excludes halogenated alkanes) is 1. The molecule has 0 fully saturated rings. The minimum absolute atomic E-state index is 0. The molecule has 0 saturated heterocycles. The van der Waals surface area contributed by atoms with Crippen LogP contribution in [-0.2, 0) is 37.5 Å². The van der Waals surface area contributed by atoms with Crippen molar-refractivity contribution in [2.45, 2.75) is 25.7 Å². The number of rotatable bonds is 5. The number of hydrogen-bond acceptors (Lipinski definition) is 2. The van der Waals surface area contributed by atoms with Gasteiger partial charge in [-0.15, -0.1) is 0 Å². The standard InChI is InChI=1S/C9H11.C4H10NO2S.W/c1-2-6-9-7-4-3-5-8-9;1-2-3-4-8(5,6)7;/h3-5,7-8H,1-2,6H2;1-4H2,(H2,5,6,7);/q2*-1;+2. The maximum absolute atomic E-state index is 10.1. The molecule has 0 saturated carbocycles. The first-order chi connectivity index (χ1) is 7.99. The Bertz CT molecular complexity index is 379. The Kier molecular flexibility index (Phi) is 13.3. The molecule has 0 aliphatic heterocycles. The maximum atomic E-state index is 10.1. The van der Waals surface area contributed by atoms with E-state index >= 15 is 0 Å². The average molecular weight is 439 g/mol. The Labute approximate surface area is 125 Å². The third-order valence-electron chi connectivity index (χ3n) is 1.99. The molecule has 0 atom stereocenters. The summed E-state index contributed by atoms with van der Waals surface area (Å²) < 4.78 is 20.3. The Balaban J connectivity index is 0. The van der Waals surface area contributed by atoms with Crippen LogP contribution in [0.15, 0.2) is 30.3 Å². The van der Waals surface area contributed by atoms with Crippen molar-refractivity contribution in [3.05, 3.63) is 49.7 Å². The van der Waals surface area contributed by atoms with Crippen molar-refractivity contribution in [2.75, 3.05) is 5.75 Å². The molecule has 0 heterocycles. The Morgan fingerprint density at radius 2 is 1.61 bits per heavy atom. The summed E-state index contributed by atoms with van der Waals surface area (Å²) in [5, 5.41) is 4.67. The second-order valence-electron chi connectivity index (χ2n) is 3.66. The second-order valence-corrected chi connectivity index (χ2v) is 5.40. The number of benzene rings is 1. The topological polar surface area (TPSA) is 60.2 Å². The molecular formula is C13H21NO2SW. The van der Waals surface area contributed by atoms with E-state index in [1.165, 1.54) is 5.56 Å². The molecule has 1 aromatic rings. The number of primary sulfonamides is 1. The van der Waals surface area contributed by atoms with E-state index in [4.69, 9.17) is 0 Å². The van der Waals surface area contributed by atoms with Gasteiger partial charge in [0.1, 0.15) is 0 Å². The van der Waals surface area contributed by atoms with Crippen molar-refractivity contribution in [3.8, 4) is 0 Å². The molecule has 0 spiro atoms. The normalized spacial score (nSPS) is 9.94. The van der Waals surface area contributed by atoms with Crippen LogP contribution in [0.2, 0.25) is 0 Å². The quantitative estimate of drug-likeness (QED) is 0.717. The smallest absolute Gasteiger partial charge is 0.343 e. The van der Waals surface area contributed by atoms with Crippen LogP contribution in [0, 0.1) is 13.8 Å². The van der Waals surface area contributed by atoms with Gasteiger partial charge in [0, 0.05) is 0 Å². The molecule has 0 aliphatic carbocycles. The summed E-state index contributed by atoms with van der Waals surface area (Å²) in [6.45, 7) is 7.25. The number of aryl methyl sites for hydroxylation is 1. The molecule has 0 aromatic heterocycles. The van der Waals surface area contributed by atoms with Gasteiger partial charge >= 0.3 is 21.1 Å². The molecule has 0 bridgehead atoms. The molecule has 102 valence electrons. The van der Waals surface area contributed by atoms with Crippen LogP contribution in [0.4, 0.5) is 0 Å². The zero-order valence-electron chi connectivity index (χ0n) is 10.5. The van der Waals surface area contributed by atoms with E-state index in [0.29, 0.717) is 12.8 Å². The molecule has 2 N–H and O–H groups in total. The van der Waals surface area contributed by atoms with Gasteiger partial charge in [0.25, 0.3) is 0 Å². The summed E-state index contributed by atoms with van der Waals surface area (Å²) >= 11 is 0. The third kappa shape index (κ3) is 13.9. The average Bonchev–Trinajstić information content (AvgIpc) is 2.28. The molecule has 3 nitrogen and oxygen atoms in total. The van der Waals surface area contributed by atoms with Gasteiger partial charge in [-0.25, -0.2) is 13.6 Å². The van der Waals surface area contributed by atoms with Gasteiger partial charge in [-0.2, -0.15) is 12.8 Å². The van der Waals surface area contributed by atoms with Crippen LogP contribution < -0.4 is 5.14 Å². The van der Waals surface area contributed by atoms with Crippen LogP contribution in [0.5, 0.6) is 0 Å². The molecule has 0 aliphatic rings. The summed E-state index contributed by atoms with van der Waals surface area (Å²) in [7, 11) is -3.23. The summed E-state index contributed by atoms with van der Waals surface area (Å²) in [5.74, 6) is 0.0521. The van der Waals surface area contributed by atoms with Crippen molar-refractivity contribution >= 4 is 10.0 Å². The molecule has 1 aromatic carbocycles. The van der Waals surface area contributed by atoms with Crippen molar-refractivity contribution in [1.82, 2.24) is 0 Å². The van der Waals surface area contributed by atoms with Gasteiger partial charge in [-0.3, -0.25) is 0 Å². The van der Waals surface area contributed by atoms with E-state index in [2.05, 4.69) is 43.3 Å². The van der Waals surface area contributed by atoms with Gasteiger partial charge in [-0.05, 0) is 0 Å². The summed E-state index contributed by atoms with van der Waals surface area (Å²) in [6.07, 6.45) is 3.26. The van der Waals surface area contributed by atoms with Crippen molar-refractivity contribution in [1.29, 1.82) is 0 Å². The summed E-state index contributed by atoms with van der Waals surface area (Å²) in [5.41, 5.74) is 1.38. The fourth-order valence-corrected chi connectivity index (χ4v) is 1.76. The zero-order valence-corrected chi connectivity index (χ0v) is 14.3. The van der Waals surface area contributed by atoms with E-state index in [1.54, 1.807) is 0 Å². The number of nitrogens with two attached hydrogens (primary N) is 1. The zero-order chi connectivity index (χ0) is 13.1. The van der Waals surface area contributed by atoms with E-state index in [-0.39, 0.29) is 26.8 Å². The van der Waals surface area contributed by atoms with Crippen LogP contribution in [0.1, 0.15) is 24.8 Å². The van der Waals surface area contributed by atoms with Crippen LogP contribution in [-0.4, -0.2) is 14.2 Å². The van der Waals surface area contributed by atoms with Crippen LogP contribution >= 0.6 is 0 Å². The van der Waals surface area contributed by atoms with Gasteiger partial charge in [0.15, 0.2) is 0 Å². The summed E-state index contributed by atoms with van der Waals surface area (Å²) in [4.78, 5) is 0. The van der Waals surface area contributed by atoms with E-state index in [0.717, 1.165) is 12.8 Å². The van der Waals surface area contributed by atoms with Gasteiger partial charge in [0.2, 0.25) is 10.0 Å². The molecule has 1 rings (SSSR count). The largest absolute Gasteiger partial charge is 2.00 e.